The lowest BCUT2D eigenvalue weighted by atomic mass is 9.72. The fourth-order valence-electron chi connectivity index (χ4n) is 9.20. The number of rotatable bonds is 38. The van der Waals surface area contributed by atoms with Gasteiger partial charge in [0.15, 0.2) is 0 Å². The summed E-state index contributed by atoms with van der Waals surface area (Å²) in [5.41, 5.74) is 15.1. The van der Waals surface area contributed by atoms with Gasteiger partial charge in [-0.2, -0.15) is 0 Å². The number of hydrogen-bond donors (Lipinski definition) is 0. The predicted molar refractivity (Wildman–Crippen MR) is 359 cm³/mol. The maximum atomic E-state index is 12.2. The minimum atomic E-state index is -0.511. The average Bonchev–Trinajstić information content (AvgIpc) is 3.66. The predicted octanol–water partition coefficient (Wildman–Crippen LogP) is 17.8. The van der Waals surface area contributed by atoms with Crippen LogP contribution in [0.15, 0.2) is 213 Å². The summed E-state index contributed by atoms with van der Waals surface area (Å²) >= 11 is 0. The van der Waals surface area contributed by atoms with E-state index in [2.05, 4.69) is 142 Å². The van der Waals surface area contributed by atoms with Gasteiger partial charge in [0.25, 0.3) is 0 Å². The zero-order valence-electron chi connectivity index (χ0n) is 55.5. The van der Waals surface area contributed by atoms with Crippen molar-refractivity contribution in [3.05, 3.63) is 213 Å². The first-order valence-electron chi connectivity index (χ1n) is 31.0. The Kier molecular flexibility index (Phi) is 39.0. The molecule has 0 N–H and O–H groups in total. The Morgan fingerprint density at radius 2 is 0.621 bits per heavy atom. The van der Waals surface area contributed by atoms with Crippen molar-refractivity contribution in [1.29, 1.82) is 0 Å². The zero-order valence-corrected chi connectivity index (χ0v) is 55.5. The van der Waals surface area contributed by atoms with Gasteiger partial charge in [-0.1, -0.05) is 218 Å². The molecule has 0 aliphatic heterocycles. The molecule has 0 aromatic heterocycles. The maximum absolute atomic E-state index is 12.2. The van der Waals surface area contributed by atoms with Crippen molar-refractivity contribution in [2.75, 3.05) is 66.1 Å². The Bertz CT molecular complexity index is 2600. The second-order valence-electron chi connectivity index (χ2n) is 23.8. The third kappa shape index (κ3) is 38.1. The van der Waals surface area contributed by atoms with Gasteiger partial charge in [0.05, 0.1) is 65.3 Å². The summed E-state index contributed by atoms with van der Waals surface area (Å²) in [6.45, 7) is 32.0. The van der Waals surface area contributed by atoms with E-state index in [-0.39, 0.29) is 89.4 Å². The van der Waals surface area contributed by atoms with Gasteiger partial charge < -0.3 is 33.2 Å². The molecular formula is C76H106O11. The second kappa shape index (κ2) is 44.5. The highest BCUT2D eigenvalue weighted by Gasteiger charge is 2.27. The molecule has 476 valence electrons. The molecule has 11 heteroatoms. The molecule has 0 aromatic carbocycles. The minimum Gasteiger partial charge on any atom is -0.463 e. The van der Waals surface area contributed by atoms with Gasteiger partial charge in [-0.15, -0.1) is 0 Å². The van der Waals surface area contributed by atoms with Crippen molar-refractivity contribution >= 4 is 23.9 Å². The van der Waals surface area contributed by atoms with E-state index in [0.717, 1.165) is 33.4 Å². The maximum Gasteiger partial charge on any atom is 0.306 e. The quantitative estimate of drug-likeness (QED) is 0.0253. The molecule has 0 radical (unpaired) electrons. The number of allylic oxidation sites excluding steroid dienone is 34. The molecule has 0 unspecified atom stereocenters. The lowest BCUT2D eigenvalue weighted by Gasteiger charge is -2.33. The normalized spacial score (nSPS) is 17.4. The number of carbonyl (C=O) groups excluding carboxylic acids is 4. The summed E-state index contributed by atoms with van der Waals surface area (Å²) < 4.78 is 37.3. The lowest BCUT2D eigenvalue weighted by molar-refractivity contribution is -0.151. The third-order valence-electron chi connectivity index (χ3n) is 14.4. The van der Waals surface area contributed by atoms with E-state index in [1.54, 1.807) is 0 Å². The highest BCUT2D eigenvalue weighted by Crippen LogP contribution is 2.42. The highest BCUT2D eigenvalue weighted by molar-refractivity contribution is 5.78. The largest absolute Gasteiger partial charge is 0.463 e. The Hall–Kier alpha value is -6.92. The number of esters is 4. The molecule has 0 spiro atoms. The van der Waals surface area contributed by atoms with Gasteiger partial charge in [0.1, 0.15) is 26.4 Å². The Balaban J connectivity index is 1.46. The highest BCUT2D eigenvalue weighted by atomic mass is 16.6. The van der Waals surface area contributed by atoms with Crippen molar-refractivity contribution in [2.45, 2.75) is 161 Å². The smallest absolute Gasteiger partial charge is 0.306 e. The number of carbonyl (C=O) groups is 4. The molecule has 0 aromatic rings. The van der Waals surface area contributed by atoms with Crippen molar-refractivity contribution in [3.8, 4) is 0 Å². The monoisotopic (exact) mass is 1190 g/mol. The molecule has 87 heavy (non-hydrogen) atoms. The molecule has 0 atom stereocenters. The number of hydrogen-bond acceptors (Lipinski definition) is 11. The van der Waals surface area contributed by atoms with Crippen molar-refractivity contribution in [3.63, 3.8) is 0 Å². The van der Waals surface area contributed by atoms with Gasteiger partial charge in [-0.25, -0.2) is 0 Å². The average molecular weight is 1200 g/mol. The summed E-state index contributed by atoms with van der Waals surface area (Å²) in [5.74, 6) is -1.98. The van der Waals surface area contributed by atoms with Crippen LogP contribution in [0, 0.1) is 10.8 Å². The van der Waals surface area contributed by atoms with E-state index in [9.17, 15) is 19.2 Å². The molecule has 0 amide bonds. The molecule has 0 saturated carbocycles. The molecule has 0 heterocycles. The summed E-state index contributed by atoms with van der Waals surface area (Å²) in [6.07, 6.45) is 56.6. The van der Waals surface area contributed by atoms with Crippen LogP contribution in [0.3, 0.4) is 0 Å². The summed E-state index contributed by atoms with van der Waals surface area (Å²) in [7, 11) is 0. The molecule has 11 nitrogen and oxygen atoms in total. The molecule has 0 fully saturated rings. The molecule has 0 saturated heterocycles. The van der Waals surface area contributed by atoms with Gasteiger partial charge in [-0.05, 0) is 141 Å². The number of ether oxygens (including phenoxy) is 7. The van der Waals surface area contributed by atoms with Crippen LogP contribution in [0.5, 0.6) is 0 Å². The SMILES string of the molecule is CC1=C(/C=C/C(C)=C/C=C/C(C)=C/C=C/C=C(C)/C=C/C=C(\C)COC(=O)CCC(=O)OCCOCCOCCOCCOC(=O)CCC(=O)OC/C(C)=C/C=C/C(C)=C/C=C/C=C(C)/C=C/C=C(C)/C=C/C2=C(C)CCCC2(C)C)C(C)(C)CCC1. The van der Waals surface area contributed by atoms with Crippen LogP contribution in [0.4, 0.5) is 0 Å². The summed E-state index contributed by atoms with van der Waals surface area (Å²) in [4.78, 5) is 48.7. The minimum absolute atomic E-state index is 0.0508. The van der Waals surface area contributed by atoms with Crippen LogP contribution in [0.2, 0.25) is 0 Å². The lowest BCUT2D eigenvalue weighted by Crippen LogP contribution is -2.19. The van der Waals surface area contributed by atoms with E-state index in [1.807, 2.05) is 101 Å². The zero-order chi connectivity index (χ0) is 64.3. The van der Waals surface area contributed by atoms with Crippen LogP contribution < -0.4 is 0 Å². The first-order valence-corrected chi connectivity index (χ1v) is 31.0. The van der Waals surface area contributed by atoms with Gasteiger partial charge in [0.2, 0.25) is 0 Å². The molecule has 2 aliphatic carbocycles. The van der Waals surface area contributed by atoms with Crippen LogP contribution >= 0.6 is 0 Å². The summed E-state index contributed by atoms with van der Waals surface area (Å²) in [6, 6.07) is 0. The van der Waals surface area contributed by atoms with Gasteiger partial charge >= 0.3 is 23.9 Å². The molecule has 2 aliphatic rings. The Labute approximate surface area is 524 Å². The van der Waals surface area contributed by atoms with Crippen molar-refractivity contribution in [1.82, 2.24) is 0 Å². The first-order chi connectivity index (χ1) is 41.5. The van der Waals surface area contributed by atoms with E-state index in [4.69, 9.17) is 33.2 Å². The van der Waals surface area contributed by atoms with E-state index >= 15 is 0 Å². The van der Waals surface area contributed by atoms with Crippen LogP contribution in [-0.2, 0) is 52.3 Å². The molecular weight excluding hydrogens is 1090 g/mol. The van der Waals surface area contributed by atoms with Gasteiger partial charge in [-0.3, -0.25) is 19.2 Å². The first kappa shape index (κ1) is 76.2. The van der Waals surface area contributed by atoms with E-state index < -0.39 is 23.9 Å². The van der Waals surface area contributed by atoms with E-state index in [1.165, 1.54) is 72.0 Å². The van der Waals surface area contributed by atoms with E-state index in [0.29, 0.717) is 13.2 Å². The van der Waals surface area contributed by atoms with Crippen molar-refractivity contribution in [2.24, 2.45) is 10.8 Å². The molecule has 2 rings (SSSR count). The van der Waals surface area contributed by atoms with Gasteiger partial charge in [0, 0.05) is 0 Å². The van der Waals surface area contributed by atoms with Crippen LogP contribution in [0.25, 0.3) is 0 Å². The van der Waals surface area contributed by atoms with Crippen molar-refractivity contribution < 1.29 is 52.3 Å². The fraction of sp³-hybridized carbons (Fsp3) is 0.474. The second-order valence-corrected chi connectivity index (χ2v) is 23.8. The topological polar surface area (TPSA) is 133 Å². The van der Waals surface area contributed by atoms with Crippen LogP contribution in [-0.4, -0.2) is 89.9 Å². The van der Waals surface area contributed by atoms with Crippen LogP contribution in [0.1, 0.15) is 161 Å². The fourth-order valence-corrected chi connectivity index (χ4v) is 9.20. The summed E-state index contributed by atoms with van der Waals surface area (Å²) in [5, 5.41) is 0. The Morgan fingerprint density at radius 3 is 0.931 bits per heavy atom. The Morgan fingerprint density at radius 1 is 0.356 bits per heavy atom. The standard InChI is InChI=1S/C76H106O11/c1-59(29-19-33-63(5)39-41-69-67(9)37-23-47-75(69,11)12)25-15-17-27-61(3)31-21-35-65(7)57-86-73(79)45-43-71(77)84-55-53-82-51-49-81-50-52-83-54-56-85-72(78)44-46-74(80)87-58-66(8)36-22-32-62(4)28-18-16-26-60(2)30-20-34-64(6)40-42-70-68(10)38-24-48-76(70,13)14/h15-22,25-36,39-42H,23-24,37-38,43-58H2,1-14H3/b17-15+,18-16+,29-19+,30-20+,31-21+,32-22+,41-39+,42-40+,59-25+,60-26+,61-27+,62-28+,63-33+,64-34+,65-35+,66-36+. The molecule has 0 bridgehead atoms. The third-order valence-corrected chi connectivity index (χ3v) is 14.4.